The quantitative estimate of drug-likeness (QED) is 0.502. The number of carbonyl (C=O) groups excluding carboxylic acids is 1. The van der Waals surface area contributed by atoms with Gasteiger partial charge in [-0.05, 0) is 31.2 Å². The molecule has 4 rings (SSSR count). The van der Waals surface area contributed by atoms with Crippen molar-refractivity contribution in [1.29, 1.82) is 0 Å². The van der Waals surface area contributed by atoms with Gasteiger partial charge in [-0.15, -0.1) is 0 Å². The second-order valence-corrected chi connectivity index (χ2v) is 6.94. The van der Waals surface area contributed by atoms with E-state index in [1.54, 1.807) is 18.1 Å². The smallest absolute Gasteiger partial charge is 0.228 e. The molecule has 0 aliphatic heterocycles. The highest BCUT2D eigenvalue weighted by Gasteiger charge is 2.17. The summed E-state index contributed by atoms with van der Waals surface area (Å²) in [5.74, 6) is 1.19. The van der Waals surface area contributed by atoms with Crippen molar-refractivity contribution in [2.75, 3.05) is 7.05 Å². The zero-order chi connectivity index (χ0) is 20.2. The average molecular weight is 386 g/mol. The number of carbonyl (C=O) groups is 1. The van der Waals surface area contributed by atoms with Crippen LogP contribution in [0.1, 0.15) is 17.0 Å². The maximum Gasteiger partial charge on any atom is 0.228 e. The Morgan fingerprint density at radius 1 is 1.07 bits per heavy atom. The monoisotopic (exact) mass is 386 g/mol. The highest BCUT2D eigenvalue weighted by molar-refractivity contribution is 5.78. The van der Waals surface area contributed by atoms with Crippen LogP contribution in [-0.4, -0.2) is 32.6 Å². The first kappa shape index (κ1) is 18.7. The normalized spacial score (nSPS) is 10.8. The Bertz CT molecular complexity index is 1100. The van der Waals surface area contributed by atoms with Crippen molar-refractivity contribution >= 4 is 5.91 Å². The molecular formula is C23H22N4O2. The summed E-state index contributed by atoms with van der Waals surface area (Å²) in [6, 6.07) is 19.6. The minimum atomic E-state index is -0.0199. The fourth-order valence-corrected chi connectivity index (χ4v) is 3.10. The lowest BCUT2D eigenvalue weighted by Gasteiger charge is -2.15. The summed E-state index contributed by atoms with van der Waals surface area (Å²) in [4.78, 5) is 18.9. The lowest BCUT2D eigenvalue weighted by Crippen LogP contribution is -2.27. The molecule has 0 fully saturated rings. The second-order valence-electron chi connectivity index (χ2n) is 6.94. The number of benzene rings is 2. The van der Waals surface area contributed by atoms with Crippen molar-refractivity contribution in [3.8, 4) is 17.1 Å². The van der Waals surface area contributed by atoms with Crippen LogP contribution < -0.4 is 0 Å². The van der Waals surface area contributed by atoms with Gasteiger partial charge < -0.3 is 9.32 Å². The lowest BCUT2D eigenvalue weighted by molar-refractivity contribution is -0.129. The molecule has 0 radical (unpaired) electrons. The molecular weight excluding hydrogens is 364 g/mol. The number of para-hydroxylation sites is 1. The fraction of sp³-hybridized carbons (Fsp3) is 0.174. The molecule has 0 aliphatic carbocycles. The number of rotatable bonds is 6. The molecule has 0 N–H and O–H groups in total. The Labute approximate surface area is 169 Å². The van der Waals surface area contributed by atoms with E-state index >= 15 is 0 Å². The molecule has 146 valence electrons. The van der Waals surface area contributed by atoms with Crippen molar-refractivity contribution < 1.29 is 9.21 Å². The number of likely N-dealkylation sites (N-methyl/N-ethyl adjacent to an activating group) is 1. The van der Waals surface area contributed by atoms with Crippen LogP contribution in [0.25, 0.3) is 17.1 Å². The summed E-state index contributed by atoms with van der Waals surface area (Å²) < 4.78 is 7.56. The predicted octanol–water partition coefficient (Wildman–Crippen LogP) is 4.04. The maximum absolute atomic E-state index is 12.7. The van der Waals surface area contributed by atoms with Crippen molar-refractivity contribution in [2.45, 2.75) is 19.9 Å². The van der Waals surface area contributed by atoms with E-state index < -0.39 is 0 Å². The van der Waals surface area contributed by atoms with E-state index in [1.165, 1.54) is 0 Å². The molecule has 4 aromatic rings. The van der Waals surface area contributed by atoms with E-state index in [9.17, 15) is 4.79 Å². The topological polar surface area (TPSA) is 64.2 Å². The standard InChI is InChI=1S/C23H22N4O2/c1-17-21(25-23(29-17)19-9-5-3-6-10-19)13-22(28)26(2)15-18-14-24-27(16-18)20-11-7-4-8-12-20/h3-12,14,16H,13,15H2,1-2H3. The molecule has 0 unspecified atom stereocenters. The van der Waals surface area contributed by atoms with Gasteiger partial charge in [-0.3, -0.25) is 4.79 Å². The minimum absolute atomic E-state index is 0.0199. The third kappa shape index (κ3) is 4.27. The Morgan fingerprint density at radius 2 is 1.76 bits per heavy atom. The molecule has 0 aliphatic rings. The Balaban J connectivity index is 1.42. The number of oxazole rings is 1. The van der Waals surface area contributed by atoms with Crippen molar-refractivity contribution in [1.82, 2.24) is 19.7 Å². The van der Waals surface area contributed by atoms with Gasteiger partial charge in [0.25, 0.3) is 0 Å². The molecule has 0 saturated heterocycles. The Morgan fingerprint density at radius 3 is 2.48 bits per heavy atom. The van der Waals surface area contributed by atoms with E-state index in [0.29, 0.717) is 23.9 Å². The second kappa shape index (κ2) is 8.14. The number of hydrogen-bond acceptors (Lipinski definition) is 4. The van der Waals surface area contributed by atoms with Crippen LogP contribution in [0.15, 0.2) is 77.5 Å². The van der Waals surface area contributed by atoms with E-state index in [-0.39, 0.29) is 12.3 Å². The van der Waals surface area contributed by atoms with Crippen molar-refractivity contribution in [3.05, 3.63) is 90.1 Å². The van der Waals surface area contributed by atoms with Gasteiger partial charge in [-0.1, -0.05) is 36.4 Å². The van der Waals surface area contributed by atoms with E-state index in [2.05, 4.69) is 10.1 Å². The molecule has 2 aromatic heterocycles. The predicted molar refractivity (Wildman–Crippen MR) is 110 cm³/mol. The third-order valence-electron chi connectivity index (χ3n) is 4.73. The van der Waals surface area contributed by atoms with E-state index in [4.69, 9.17) is 4.42 Å². The molecule has 29 heavy (non-hydrogen) atoms. The van der Waals surface area contributed by atoms with E-state index in [0.717, 1.165) is 16.8 Å². The van der Waals surface area contributed by atoms with Crippen LogP contribution in [0.4, 0.5) is 0 Å². The van der Waals surface area contributed by atoms with Gasteiger partial charge in [0, 0.05) is 30.9 Å². The molecule has 2 aromatic carbocycles. The first-order chi connectivity index (χ1) is 14.1. The molecule has 0 bridgehead atoms. The first-order valence-corrected chi connectivity index (χ1v) is 9.45. The van der Waals surface area contributed by atoms with Crippen molar-refractivity contribution in [3.63, 3.8) is 0 Å². The minimum Gasteiger partial charge on any atom is -0.441 e. The van der Waals surface area contributed by atoms with Gasteiger partial charge in [0.1, 0.15) is 5.76 Å². The van der Waals surface area contributed by atoms with Crippen molar-refractivity contribution in [2.24, 2.45) is 0 Å². The summed E-state index contributed by atoms with van der Waals surface area (Å²) in [7, 11) is 1.79. The molecule has 2 heterocycles. The molecule has 0 spiro atoms. The highest BCUT2D eigenvalue weighted by atomic mass is 16.4. The van der Waals surface area contributed by atoms with Crippen LogP contribution in [0, 0.1) is 6.92 Å². The zero-order valence-corrected chi connectivity index (χ0v) is 16.4. The fourth-order valence-electron chi connectivity index (χ4n) is 3.10. The largest absolute Gasteiger partial charge is 0.441 e. The molecule has 0 atom stereocenters. The summed E-state index contributed by atoms with van der Waals surface area (Å²) in [6.45, 7) is 2.32. The summed E-state index contributed by atoms with van der Waals surface area (Å²) in [5.41, 5.74) is 3.52. The molecule has 6 nitrogen and oxygen atoms in total. The Hall–Kier alpha value is -3.67. The first-order valence-electron chi connectivity index (χ1n) is 9.45. The number of nitrogens with zero attached hydrogens (tertiary/aromatic N) is 4. The third-order valence-corrected chi connectivity index (χ3v) is 4.73. The highest BCUT2D eigenvalue weighted by Crippen LogP contribution is 2.22. The lowest BCUT2D eigenvalue weighted by atomic mass is 10.2. The zero-order valence-electron chi connectivity index (χ0n) is 16.4. The number of aryl methyl sites for hydroxylation is 1. The summed E-state index contributed by atoms with van der Waals surface area (Å²) >= 11 is 0. The molecule has 6 heteroatoms. The number of aromatic nitrogens is 3. The van der Waals surface area contributed by atoms with Crippen LogP contribution in [-0.2, 0) is 17.8 Å². The van der Waals surface area contributed by atoms with E-state index in [1.807, 2.05) is 78.5 Å². The molecule has 1 amide bonds. The molecule has 0 saturated carbocycles. The summed E-state index contributed by atoms with van der Waals surface area (Å²) in [5, 5.41) is 4.39. The van der Waals surface area contributed by atoms with Crippen LogP contribution in [0.2, 0.25) is 0 Å². The SMILES string of the molecule is Cc1oc(-c2ccccc2)nc1CC(=O)N(C)Cc1cnn(-c2ccccc2)c1. The maximum atomic E-state index is 12.7. The van der Waals surface area contributed by atoms with Crippen LogP contribution >= 0.6 is 0 Å². The number of hydrogen-bond donors (Lipinski definition) is 0. The van der Waals surface area contributed by atoms with Gasteiger partial charge in [0.15, 0.2) is 0 Å². The summed E-state index contributed by atoms with van der Waals surface area (Å²) in [6.07, 6.45) is 3.92. The Kier molecular flexibility index (Phi) is 5.24. The van der Waals surface area contributed by atoms with Gasteiger partial charge in [-0.25, -0.2) is 9.67 Å². The van der Waals surface area contributed by atoms with Gasteiger partial charge in [0.2, 0.25) is 11.8 Å². The van der Waals surface area contributed by atoms with Gasteiger partial charge in [-0.2, -0.15) is 5.10 Å². The number of amides is 1. The van der Waals surface area contributed by atoms with Crippen LogP contribution in [0.3, 0.4) is 0 Å². The van der Waals surface area contributed by atoms with Gasteiger partial charge in [0.05, 0.1) is 24.0 Å². The van der Waals surface area contributed by atoms with Crippen LogP contribution in [0.5, 0.6) is 0 Å². The van der Waals surface area contributed by atoms with Gasteiger partial charge >= 0.3 is 0 Å². The average Bonchev–Trinajstić information content (AvgIpc) is 3.36.